The molecule has 0 aliphatic carbocycles. The maximum atomic E-state index is 10.7. The Morgan fingerprint density at radius 2 is 2.09 bits per heavy atom. The summed E-state index contributed by atoms with van der Waals surface area (Å²) in [5.74, 6) is 0.708. The molecular weight excluding hydrogens is 278 g/mol. The first kappa shape index (κ1) is 18.3. The highest BCUT2D eigenvalue weighted by molar-refractivity contribution is 5.78. The van der Waals surface area contributed by atoms with E-state index in [1.165, 1.54) is 0 Å². The van der Waals surface area contributed by atoms with Crippen molar-refractivity contribution in [2.45, 2.75) is 52.6 Å². The Hall–Kier alpha value is -1.75. The van der Waals surface area contributed by atoms with Gasteiger partial charge in [-0.15, -0.1) is 0 Å². The standard InChI is InChI=1S/C9H11N3.C8H16O2/c1-8-6-11-12(7-8)9-2-4-10-5-3-9;1-3-5-8(10)6-7(9)4-2/h2-6,8H,7H2,1H3;8,10H,3-6H2,1-2H3. The predicted octanol–water partition coefficient (Wildman–Crippen LogP) is 3.04. The van der Waals surface area contributed by atoms with E-state index in [1.807, 2.05) is 37.2 Å². The molecule has 2 atom stereocenters. The van der Waals surface area contributed by atoms with Crippen molar-refractivity contribution in [1.29, 1.82) is 0 Å². The lowest BCUT2D eigenvalue weighted by Crippen LogP contribution is -2.15. The minimum Gasteiger partial charge on any atom is -0.393 e. The van der Waals surface area contributed by atoms with Crippen molar-refractivity contribution in [3.8, 4) is 0 Å². The second-order valence-corrected chi connectivity index (χ2v) is 5.57. The highest BCUT2D eigenvalue weighted by Gasteiger charge is 2.13. The molecule has 0 radical (unpaired) electrons. The fourth-order valence-corrected chi connectivity index (χ4v) is 2.09. The van der Waals surface area contributed by atoms with Gasteiger partial charge in [0.15, 0.2) is 0 Å². The van der Waals surface area contributed by atoms with Crippen LogP contribution in [0, 0.1) is 5.92 Å². The number of nitrogens with zero attached hydrogens (tertiary/aromatic N) is 3. The largest absolute Gasteiger partial charge is 0.393 e. The van der Waals surface area contributed by atoms with Gasteiger partial charge in [-0.1, -0.05) is 27.2 Å². The van der Waals surface area contributed by atoms with Crippen LogP contribution in [0.25, 0.3) is 0 Å². The average Bonchev–Trinajstić information content (AvgIpc) is 2.95. The normalized spacial score (nSPS) is 17.8. The zero-order valence-corrected chi connectivity index (χ0v) is 13.8. The lowest BCUT2D eigenvalue weighted by Gasteiger charge is -2.13. The number of Topliss-reactive ketones (excluding diaryl/α,β-unsaturated/α-hetero) is 1. The van der Waals surface area contributed by atoms with Gasteiger partial charge in [-0.3, -0.25) is 14.8 Å². The molecule has 5 heteroatoms. The number of aliphatic hydroxyl groups excluding tert-OH is 1. The van der Waals surface area contributed by atoms with Gasteiger partial charge in [-0.25, -0.2) is 0 Å². The van der Waals surface area contributed by atoms with Crippen molar-refractivity contribution >= 4 is 17.7 Å². The fourth-order valence-electron chi connectivity index (χ4n) is 2.09. The van der Waals surface area contributed by atoms with E-state index in [1.54, 1.807) is 12.4 Å². The molecule has 1 aliphatic heterocycles. The Balaban J connectivity index is 0.000000225. The summed E-state index contributed by atoms with van der Waals surface area (Å²) in [5.41, 5.74) is 1.12. The monoisotopic (exact) mass is 305 g/mol. The summed E-state index contributed by atoms with van der Waals surface area (Å²) in [6.45, 7) is 6.95. The van der Waals surface area contributed by atoms with Gasteiger partial charge in [-0.2, -0.15) is 5.10 Å². The number of hydrogen-bond acceptors (Lipinski definition) is 5. The number of ketones is 1. The Bertz CT molecular complexity index is 462. The van der Waals surface area contributed by atoms with Crippen molar-refractivity contribution in [2.24, 2.45) is 11.0 Å². The molecule has 1 N–H and O–H groups in total. The van der Waals surface area contributed by atoms with E-state index in [2.05, 4.69) is 17.0 Å². The van der Waals surface area contributed by atoms with Gasteiger partial charge >= 0.3 is 0 Å². The van der Waals surface area contributed by atoms with E-state index in [0.717, 1.165) is 25.1 Å². The maximum Gasteiger partial charge on any atom is 0.135 e. The highest BCUT2D eigenvalue weighted by atomic mass is 16.3. The van der Waals surface area contributed by atoms with Crippen molar-refractivity contribution in [3.05, 3.63) is 24.5 Å². The number of carbonyl (C=O) groups is 1. The van der Waals surface area contributed by atoms with Crippen LogP contribution in [-0.4, -0.2) is 34.7 Å². The van der Waals surface area contributed by atoms with Crippen molar-refractivity contribution in [2.75, 3.05) is 11.6 Å². The van der Waals surface area contributed by atoms with E-state index in [0.29, 0.717) is 18.8 Å². The van der Waals surface area contributed by atoms with E-state index < -0.39 is 6.10 Å². The van der Waals surface area contributed by atoms with Crippen LogP contribution in [0.4, 0.5) is 5.69 Å². The SMILES string of the molecule is CC1C=NN(c2ccncc2)C1.CCCC(O)CC(=O)CC. The number of hydrazone groups is 1. The molecule has 0 saturated carbocycles. The van der Waals surface area contributed by atoms with Crippen LogP contribution >= 0.6 is 0 Å². The van der Waals surface area contributed by atoms with Crippen LogP contribution in [0.15, 0.2) is 29.6 Å². The molecule has 0 spiro atoms. The molecule has 122 valence electrons. The summed E-state index contributed by atoms with van der Waals surface area (Å²) in [6.07, 6.45) is 7.70. The molecule has 0 amide bonds. The van der Waals surface area contributed by atoms with Gasteiger partial charge < -0.3 is 5.11 Å². The van der Waals surface area contributed by atoms with E-state index in [9.17, 15) is 4.79 Å². The number of aromatic nitrogens is 1. The van der Waals surface area contributed by atoms with Crippen LogP contribution < -0.4 is 5.01 Å². The number of rotatable bonds is 6. The number of aliphatic hydroxyl groups is 1. The van der Waals surface area contributed by atoms with Crippen LogP contribution in [0.3, 0.4) is 0 Å². The molecule has 22 heavy (non-hydrogen) atoms. The molecule has 2 unspecified atom stereocenters. The average molecular weight is 305 g/mol. The Morgan fingerprint density at radius 3 is 2.59 bits per heavy atom. The Morgan fingerprint density at radius 1 is 1.41 bits per heavy atom. The van der Waals surface area contributed by atoms with Crippen LogP contribution in [0.2, 0.25) is 0 Å². The fraction of sp³-hybridized carbons (Fsp3) is 0.588. The van der Waals surface area contributed by atoms with Crippen LogP contribution in [-0.2, 0) is 4.79 Å². The first-order chi connectivity index (χ1) is 10.6. The second kappa shape index (κ2) is 10.1. The molecule has 5 nitrogen and oxygen atoms in total. The van der Waals surface area contributed by atoms with Gasteiger partial charge in [-0.05, 0) is 18.6 Å². The molecule has 0 saturated heterocycles. The zero-order chi connectivity index (χ0) is 16.4. The third kappa shape index (κ3) is 6.80. The van der Waals surface area contributed by atoms with Gasteiger partial charge in [0.05, 0.1) is 11.8 Å². The number of anilines is 1. The van der Waals surface area contributed by atoms with Gasteiger partial charge in [0.1, 0.15) is 5.78 Å². The molecule has 1 aliphatic rings. The second-order valence-electron chi connectivity index (χ2n) is 5.57. The summed E-state index contributed by atoms with van der Waals surface area (Å²) in [5, 5.41) is 15.4. The summed E-state index contributed by atoms with van der Waals surface area (Å²) in [7, 11) is 0. The van der Waals surface area contributed by atoms with E-state index >= 15 is 0 Å². The lowest BCUT2D eigenvalue weighted by molar-refractivity contribution is -0.120. The van der Waals surface area contributed by atoms with E-state index in [-0.39, 0.29) is 5.78 Å². The number of carbonyl (C=O) groups excluding carboxylic acids is 1. The Kier molecular flexibility index (Phi) is 8.36. The third-order valence-electron chi connectivity index (χ3n) is 3.36. The summed E-state index contributed by atoms with van der Waals surface area (Å²) < 4.78 is 0. The Labute approximate surface area is 133 Å². The van der Waals surface area contributed by atoms with Crippen molar-refractivity contribution in [1.82, 2.24) is 4.98 Å². The van der Waals surface area contributed by atoms with E-state index in [4.69, 9.17) is 5.11 Å². The topological polar surface area (TPSA) is 65.8 Å². The first-order valence-corrected chi connectivity index (χ1v) is 7.98. The summed E-state index contributed by atoms with van der Waals surface area (Å²) >= 11 is 0. The van der Waals surface area contributed by atoms with Crippen LogP contribution in [0.1, 0.15) is 46.5 Å². The number of pyridine rings is 1. The van der Waals surface area contributed by atoms with Gasteiger partial charge in [0.2, 0.25) is 0 Å². The molecule has 2 rings (SSSR count). The van der Waals surface area contributed by atoms with Crippen LogP contribution in [0.5, 0.6) is 0 Å². The first-order valence-electron chi connectivity index (χ1n) is 7.98. The quantitative estimate of drug-likeness (QED) is 0.877. The van der Waals surface area contributed by atoms with Gasteiger partial charge in [0.25, 0.3) is 0 Å². The smallest absolute Gasteiger partial charge is 0.135 e. The molecule has 0 aromatic carbocycles. The molecule has 0 fully saturated rings. The van der Waals surface area contributed by atoms with Crippen molar-refractivity contribution in [3.63, 3.8) is 0 Å². The molecular formula is C17H27N3O2. The van der Waals surface area contributed by atoms with Gasteiger partial charge in [0, 0.05) is 43.9 Å². The number of hydrogen-bond donors (Lipinski definition) is 1. The third-order valence-corrected chi connectivity index (χ3v) is 3.36. The molecule has 1 aromatic heterocycles. The summed E-state index contributed by atoms with van der Waals surface area (Å²) in [6, 6.07) is 3.94. The maximum absolute atomic E-state index is 10.7. The lowest BCUT2D eigenvalue weighted by atomic mass is 10.1. The molecule has 2 heterocycles. The highest BCUT2D eigenvalue weighted by Crippen LogP contribution is 2.17. The predicted molar refractivity (Wildman–Crippen MR) is 90.1 cm³/mol. The minimum absolute atomic E-state index is 0.154. The molecule has 1 aromatic rings. The van der Waals surface area contributed by atoms with Crippen molar-refractivity contribution < 1.29 is 9.90 Å². The minimum atomic E-state index is -0.405. The zero-order valence-electron chi connectivity index (χ0n) is 13.8. The molecule has 0 bridgehead atoms. The summed E-state index contributed by atoms with van der Waals surface area (Å²) in [4.78, 5) is 14.7.